The lowest BCUT2D eigenvalue weighted by atomic mass is 9.70. The monoisotopic (exact) mass is 166 g/mol. The summed E-state index contributed by atoms with van der Waals surface area (Å²) >= 11 is 0. The van der Waals surface area contributed by atoms with E-state index in [9.17, 15) is 14.4 Å². The van der Waals surface area contributed by atoms with Crippen LogP contribution in [0.5, 0.6) is 0 Å². The third-order valence-corrected chi connectivity index (χ3v) is 2.80. The van der Waals surface area contributed by atoms with Gasteiger partial charge in [-0.2, -0.15) is 0 Å². The first-order valence-corrected chi connectivity index (χ1v) is 4.29. The van der Waals surface area contributed by atoms with Gasteiger partial charge in [-0.3, -0.25) is 14.4 Å². The predicted molar refractivity (Wildman–Crippen MR) is 40.5 cm³/mol. The van der Waals surface area contributed by atoms with Gasteiger partial charge in [0.2, 0.25) is 0 Å². The largest absolute Gasteiger partial charge is 0.298 e. The molecule has 3 heteroatoms. The Morgan fingerprint density at radius 3 is 1.92 bits per heavy atom. The van der Waals surface area contributed by atoms with E-state index in [0.717, 1.165) is 6.42 Å². The minimum absolute atomic E-state index is 0.00106. The lowest BCUT2D eigenvalue weighted by Crippen LogP contribution is -2.44. The van der Waals surface area contributed by atoms with E-state index in [4.69, 9.17) is 0 Å². The summed E-state index contributed by atoms with van der Waals surface area (Å²) in [6.45, 7) is 0. The Labute approximate surface area is 70.1 Å². The molecule has 0 aromatic heterocycles. The number of hydrogen-bond donors (Lipinski definition) is 0. The first-order valence-electron chi connectivity index (χ1n) is 4.29. The van der Waals surface area contributed by atoms with Crippen LogP contribution in [0.25, 0.3) is 0 Å². The molecular weight excluding hydrogens is 156 g/mol. The van der Waals surface area contributed by atoms with Gasteiger partial charge in [0.15, 0.2) is 17.3 Å². The Balaban J connectivity index is 2.32. The van der Waals surface area contributed by atoms with Gasteiger partial charge in [-0.05, 0) is 12.8 Å². The molecule has 0 aromatic carbocycles. The van der Waals surface area contributed by atoms with Crippen molar-refractivity contribution < 1.29 is 14.4 Å². The van der Waals surface area contributed by atoms with Crippen LogP contribution in [0.4, 0.5) is 0 Å². The van der Waals surface area contributed by atoms with E-state index in [2.05, 4.69) is 0 Å². The number of rotatable bonds is 0. The van der Waals surface area contributed by atoms with Crippen molar-refractivity contribution in [1.82, 2.24) is 0 Å². The van der Waals surface area contributed by atoms with Gasteiger partial charge >= 0.3 is 0 Å². The maximum absolute atomic E-state index is 11.4. The van der Waals surface area contributed by atoms with E-state index in [1.54, 1.807) is 0 Å². The zero-order valence-corrected chi connectivity index (χ0v) is 6.71. The van der Waals surface area contributed by atoms with Crippen LogP contribution in [-0.4, -0.2) is 17.3 Å². The molecule has 0 heterocycles. The zero-order chi connectivity index (χ0) is 8.72. The highest BCUT2D eigenvalue weighted by molar-refractivity contribution is 6.22. The Morgan fingerprint density at radius 2 is 1.42 bits per heavy atom. The maximum atomic E-state index is 11.4. The second kappa shape index (κ2) is 2.51. The summed E-state index contributed by atoms with van der Waals surface area (Å²) in [7, 11) is 0. The zero-order valence-electron chi connectivity index (χ0n) is 6.71. The van der Waals surface area contributed by atoms with Gasteiger partial charge in [0.05, 0.1) is 18.3 Å². The second-order valence-electron chi connectivity index (χ2n) is 3.55. The fraction of sp³-hybridized carbons (Fsp3) is 0.667. The summed E-state index contributed by atoms with van der Waals surface area (Å²) in [4.78, 5) is 33.8. The van der Waals surface area contributed by atoms with Crippen LogP contribution < -0.4 is 0 Å². The van der Waals surface area contributed by atoms with Gasteiger partial charge in [-0.15, -0.1) is 0 Å². The summed E-state index contributed by atoms with van der Waals surface area (Å²) in [5, 5.41) is 0. The molecule has 2 rings (SSSR count). The smallest absolute Gasteiger partial charge is 0.153 e. The summed E-state index contributed by atoms with van der Waals surface area (Å²) in [5.41, 5.74) is 0. The number of carbonyl (C=O) groups is 3. The Bertz CT molecular complexity index is 243. The highest BCUT2D eigenvalue weighted by atomic mass is 16.2. The highest BCUT2D eigenvalue weighted by Gasteiger charge is 2.44. The number of Topliss-reactive ketones (excluding diaryl/α,β-unsaturated/α-hetero) is 3. The molecule has 2 bridgehead atoms. The van der Waals surface area contributed by atoms with Crippen molar-refractivity contribution >= 4 is 17.3 Å². The lowest BCUT2D eigenvalue weighted by Gasteiger charge is -2.30. The average Bonchev–Trinajstić information content (AvgIpc) is 2.01. The van der Waals surface area contributed by atoms with E-state index in [-0.39, 0.29) is 23.8 Å². The number of hydrogen-bond acceptors (Lipinski definition) is 3. The molecule has 12 heavy (non-hydrogen) atoms. The fourth-order valence-electron chi connectivity index (χ4n) is 2.11. The second-order valence-corrected chi connectivity index (χ2v) is 3.55. The molecular formula is C9H10O3. The van der Waals surface area contributed by atoms with E-state index in [0.29, 0.717) is 12.8 Å². The van der Waals surface area contributed by atoms with Gasteiger partial charge in [-0.1, -0.05) is 6.42 Å². The van der Waals surface area contributed by atoms with Crippen LogP contribution in [0.15, 0.2) is 0 Å². The first-order chi connectivity index (χ1) is 5.70. The molecule has 2 atom stereocenters. The highest BCUT2D eigenvalue weighted by Crippen LogP contribution is 2.32. The Hall–Kier alpha value is -0.990. The molecule has 2 unspecified atom stereocenters. The van der Waals surface area contributed by atoms with Gasteiger partial charge in [0.1, 0.15) is 0 Å². The van der Waals surface area contributed by atoms with Crippen LogP contribution in [0, 0.1) is 11.8 Å². The average molecular weight is 166 g/mol. The number of ketones is 3. The molecule has 2 aliphatic carbocycles. The van der Waals surface area contributed by atoms with Crippen LogP contribution in [0.3, 0.4) is 0 Å². The number of carbonyl (C=O) groups excluding carboxylic acids is 3. The van der Waals surface area contributed by atoms with Crippen molar-refractivity contribution in [3.63, 3.8) is 0 Å². The van der Waals surface area contributed by atoms with Crippen LogP contribution in [-0.2, 0) is 14.4 Å². The normalized spacial score (nSPS) is 35.5. The molecule has 2 saturated carbocycles. The van der Waals surface area contributed by atoms with Crippen molar-refractivity contribution in [2.45, 2.75) is 25.7 Å². The third-order valence-electron chi connectivity index (χ3n) is 2.80. The summed E-state index contributed by atoms with van der Waals surface area (Å²) in [5.74, 6) is -1.27. The molecule has 3 nitrogen and oxygen atoms in total. The van der Waals surface area contributed by atoms with Crippen molar-refractivity contribution in [1.29, 1.82) is 0 Å². The summed E-state index contributed by atoms with van der Waals surface area (Å²) in [6, 6.07) is 0. The van der Waals surface area contributed by atoms with E-state index in [1.807, 2.05) is 0 Å². The standard InChI is InChI=1S/C9H10O3/c10-7-4-8(11)6-3-1-2-5(7)9(6)12/h5-6H,1-4H2. The minimum Gasteiger partial charge on any atom is -0.298 e. The predicted octanol–water partition coefficient (Wildman–Crippen LogP) is 0.514. The first kappa shape index (κ1) is 7.65. The van der Waals surface area contributed by atoms with Crippen LogP contribution in [0.2, 0.25) is 0 Å². The van der Waals surface area contributed by atoms with E-state index in [1.165, 1.54) is 0 Å². The van der Waals surface area contributed by atoms with Crippen molar-refractivity contribution in [3.05, 3.63) is 0 Å². The topological polar surface area (TPSA) is 51.2 Å². The number of fused-ring (bicyclic) bond motifs is 2. The molecule has 2 fully saturated rings. The lowest BCUT2D eigenvalue weighted by molar-refractivity contribution is -0.147. The van der Waals surface area contributed by atoms with Crippen LogP contribution in [0.1, 0.15) is 25.7 Å². The van der Waals surface area contributed by atoms with Gasteiger partial charge in [-0.25, -0.2) is 0 Å². The van der Waals surface area contributed by atoms with Crippen molar-refractivity contribution in [3.8, 4) is 0 Å². The maximum Gasteiger partial charge on any atom is 0.153 e. The van der Waals surface area contributed by atoms with Gasteiger partial charge < -0.3 is 0 Å². The summed E-state index contributed by atoms with van der Waals surface area (Å²) < 4.78 is 0. The molecule has 64 valence electrons. The molecule has 0 N–H and O–H groups in total. The van der Waals surface area contributed by atoms with Crippen molar-refractivity contribution in [2.24, 2.45) is 11.8 Å². The molecule has 0 radical (unpaired) electrons. The molecule has 0 aromatic rings. The quantitative estimate of drug-likeness (QED) is 0.493. The fourth-order valence-corrected chi connectivity index (χ4v) is 2.11. The SMILES string of the molecule is O=C1CC(=O)C2CCCC1C2=O. The molecule has 2 aliphatic rings. The van der Waals surface area contributed by atoms with E-state index < -0.39 is 11.8 Å². The Morgan fingerprint density at radius 1 is 0.917 bits per heavy atom. The summed E-state index contributed by atoms with van der Waals surface area (Å²) in [6.07, 6.45) is 2.18. The van der Waals surface area contributed by atoms with Crippen molar-refractivity contribution in [2.75, 3.05) is 0 Å². The molecule has 0 spiro atoms. The molecule has 0 aliphatic heterocycles. The van der Waals surface area contributed by atoms with E-state index >= 15 is 0 Å². The molecule has 0 saturated heterocycles. The Kier molecular flexibility index (Phi) is 1.60. The minimum atomic E-state index is -0.429. The van der Waals surface area contributed by atoms with Crippen LogP contribution >= 0.6 is 0 Å². The van der Waals surface area contributed by atoms with Gasteiger partial charge in [0, 0.05) is 0 Å². The molecule has 0 amide bonds. The van der Waals surface area contributed by atoms with Gasteiger partial charge in [0.25, 0.3) is 0 Å². The third kappa shape index (κ3) is 0.924.